The Labute approximate surface area is 80.5 Å². The van der Waals surface area contributed by atoms with E-state index in [0.717, 1.165) is 12.8 Å². The number of rotatable bonds is 1. The molecular weight excluding hydrogens is 162 g/mol. The van der Waals surface area contributed by atoms with Crippen LogP contribution in [0.15, 0.2) is 0 Å². The van der Waals surface area contributed by atoms with Crippen molar-refractivity contribution in [3.63, 3.8) is 0 Å². The van der Waals surface area contributed by atoms with Crippen molar-refractivity contribution < 1.29 is 5.11 Å². The molecule has 0 unspecified atom stereocenters. The summed E-state index contributed by atoms with van der Waals surface area (Å²) in [5, 5.41) is 9.35. The fraction of sp³-hybridized carbons (Fsp3) is 1.00. The molecule has 0 aromatic rings. The molecule has 0 heterocycles. The Morgan fingerprint density at radius 3 is 2.15 bits per heavy atom. The topological polar surface area (TPSA) is 46.2 Å². The summed E-state index contributed by atoms with van der Waals surface area (Å²) in [6.45, 7) is 2.32. The molecule has 0 aromatic heterocycles. The van der Waals surface area contributed by atoms with Crippen molar-refractivity contribution in [3.05, 3.63) is 0 Å². The van der Waals surface area contributed by atoms with Gasteiger partial charge in [-0.1, -0.05) is 26.2 Å². The van der Waals surface area contributed by atoms with Crippen molar-refractivity contribution in [2.75, 3.05) is 0 Å². The molecule has 0 radical (unpaired) electrons. The summed E-state index contributed by atoms with van der Waals surface area (Å²) in [6.07, 6.45) is 8.06. The second-order valence-electron chi connectivity index (χ2n) is 5.34. The number of hydrogen-bond acceptors (Lipinski definition) is 2. The largest absolute Gasteiger partial charge is 0.393 e. The zero-order chi connectivity index (χ0) is 9.53. The smallest absolute Gasteiger partial charge is 0.0575 e. The van der Waals surface area contributed by atoms with Crippen LogP contribution in [0.1, 0.15) is 51.9 Å². The van der Waals surface area contributed by atoms with Gasteiger partial charge in [0.2, 0.25) is 0 Å². The first-order valence-electron chi connectivity index (χ1n) is 5.53. The summed E-state index contributed by atoms with van der Waals surface area (Å²) in [4.78, 5) is 0. The van der Waals surface area contributed by atoms with Crippen LogP contribution in [0.3, 0.4) is 0 Å². The molecule has 0 spiro atoms. The van der Waals surface area contributed by atoms with Gasteiger partial charge in [-0.15, -0.1) is 0 Å². The normalized spacial score (nSPS) is 44.1. The molecule has 2 heteroatoms. The summed E-state index contributed by atoms with van der Waals surface area (Å²) in [5.74, 6) is 0. The zero-order valence-electron chi connectivity index (χ0n) is 8.55. The van der Waals surface area contributed by atoms with E-state index in [9.17, 15) is 5.11 Å². The van der Waals surface area contributed by atoms with Gasteiger partial charge in [0.25, 0.3) is 0 Å². The zero-order valence-corrected chi connectivity index (χ0v) is 8.55. The molecule has 13 heavy (non-hydrogen) atoms. The molecule has 0 atom stereocenters. The van der Waals surface area contributed by atoms with Crippen LogP contribution in [0.2, 0.25) is 0 Å². The maximum absolute atomic E-state index is 9.35. The van der Waals surface area contributed by atoms with Crippen molar-refractivity contribution >= 4 is 0 Å². The van der Waals surface area contributed by atoms with E-state index in [-0.39, 0.29) is 11.6 Å². The lowest BCUT2D eigenvalue weighted by molar-refractivity contribution is -0.0618. The molecule has 2 rings (SSSR count). The molecule has 0 amide bonds. The van der Waals surface area contributed by atoms with Gasteiger partial charge in [0.15, 0.2) is 0 Å². The lowest BCUT2D eigenvalue weighted by atomic mass is 9.54. The second kappa shape index (κ2) is 2.96. The van der Waals surface area contributed by atoms with Crippen LogP contribution < -0.4 is 5.73 Å². The fourth-order valence-corrected chi connectivity index (χ4v) is 3.10. The summed E-state index contributed by atoms with van der Waals surface area (Å²) in [7, 11) is 0. The third kappa shape index (κ3) is 1.40. The quantitative estimate of drug-likeness (QED) is 0.651. The average Bonchev–Trinajstić information content (AvgIpc) is 2.03. The Morgan fingerprint density at radius 1 is 1.15 bits per heavy atom. The first-order chi connectivity index (χ1) is 6.06. The highest BCUT2D eigenvalue weighted by atomic mass is 16.3. The number of aliphatic hydroxyl groups is 1. The summed E-state index contributed by atoms with van der Waals surface area (Å²) in [6, 6.07) is 0. The molecule has 2 fully saturated rings. The van der Waals surface area contributed by atoms with Gasteiger partial charge < -0.3 is 10.8 Å². The molecule has 0 aliphatic heterocycles. The van der Waals surface area contributed by atoms with E-state index in [1.54, 1.807) is 0 Å². The van der Waals surface area contributed by atoms with E-state index in [1.165, 1.54) is 32.1 Å². The minimum Gasteiger partial charge on any atom is -0.393 e. The van der Waals surface area contributed by atoms with Crippen molar-refractivity contribution in [3.8, 4) is 0 Å². The van der Waals surface area contributed by atoms with Crippen molar-refractivity contribution in [2.24, 2.45) is 11.1 Å². The van der Waals surface area contributed by atoms with Crippen LogP contribution in [0.5, 0.6) is 0 Å². The highest BCUT2D eigenvalue weighted by molar-refractivity contribution is 5.09. The average molecular weight is 183 g/mol. The van der Waals surface area contributed by atoms with Crippen molar-refractivity contribution in [2.45, 2.75) is 63.5 Å². The minimum atomic E-state index is -0.122. The second-order valence-corrected chi connectivity index (χ2v) is 5.34. The van der Waals surface area contributed by atoms with Gasteiger partial charge in [-0.25, -0.2) is 0 Å². The van der Waals surface area contributed by atoms with E-state index >= 15 is 0 Å². The van der Waals surface area contributed by atoms with Gasteiger partial charge in [-0.2, -0.15) is 0 Å². The van der Waals surface area contributed by atoms with Crippen molar-refractivity contribution in [1.29, 1.82) is 0 Å². The molecule has 2 aliphatic rings. The summed E-state index contributed by atoms with van der Waals surface area (Å²) in [5.41, 5.74) is 6.60. The van der Waals surface area contributed by atoms with Crippen LogP contribution in [-0.4, -0.2) is 16.7 Å². The van der Waals surface area contributed by atoms with E-state index in [4.69, 9.17) is 5.73 Å². The lowest BCUT2D eigenvalue weighted by Gasteiger charge is -2.56. The SMILES string of the molecule is CC1(C2(N)CC(O)C2)CCCCC1. The third-order valence-electron chi connectivity index (χ3n) is 4.36. The summed E-state index contributed by atoms with van der Waals surface area (Å²) >= 11 is 0. The number of hydrogen-bond donors (Lipinski definition) is 2. The Hall–Kier alpha value is -0.0800. The maximum atomic E-state index is 9.35. The monoisotopic (exact) mass is 183 g/mol. The van der Waals surface area contributed by atoms with Crippen molar-refractivity contribution in [1.82, 2.24) is 0 Å². The maximum Gasteiger partial charge on any atom is 0.0575 e. The first-order valence-corrected chi connectivity index (χ1v) is 5.53. The van der Waals surface area contributed by atoms with E-state index in [0.29, 0.717) is 5.41 Å². The molecule has 76 valence electrons. The van der Waals surface area contributed by atoms with Crippen LogP contribution >= 0.6 is 0 Å². The highest BCUT2D eigenvalue weighted by Gasteiger charge is 2.52. The van der Waals surface area contributed by atoms with Gasteiger partial charge in [0, 0.05) is 5.54 Å². The minimum absolute atomic E-state index is 0.0488. The van der Waals surface area contributed by atoms with Crippen LogP contribution in [-0.2, 0) is 0 Å². The standard InChI is InChI=1S/C11H21NO/c1-10(5-3-2-4-6-10)11(12)7-9(13)8-11/h9,13H,2-8,12H2,1H3. The van der Waals surface area contributed by atoms with Gasteiger partial charge in [0.05, 0.1) is 6.10 Å². The molecular formula is C11H21NO. The number of nitrogens with two attached hydrogens (primary N) is 1. The highest BCUT2D eigenvalue weighted by Crippen LogP contribution is 2.51. The predicted molar refractivity (Wildman–Crippen MR) is 53.4 cm³/mol. The first kappa shape index (κ1) is 9.47. The Morgan fingerprint density at radius 2 is 1.69 bits per heavy atom. The van der Waals surface area contributed by atoms with Crippen LogP contribution in [0.25, 0.3) is 0 Å². The molecule has 3 N–H and O–H groups in total. The van der Waals surface area contributed by atoms with Crippen LogP contribution in [0.4, 0.5) is 0 Å². The van der Waals surface area contributed by atoms with E-state index in [1.807, 2.05) is 0 Å². The third-order valence-corrected chi connectivity index (χ3v) is 4.36. The Bertz CT molecular complexity index is 190. The lowest BCUT2D eigenvalue weighted by Crippen LogP contribution is -2.64. The molecule has 0 bridgehead atoms. The van der Waals surface area contributed by atoms with Gasteiger partial charge in [-0.05, 0) is 31.1 Å². The molecule has 0 aromatic carbocycles. The van der Waals surface area contributed by atoms with E-state index in [2.05, 4.69) is 6.92 Å². The predicted octanol–water partition coefficient (Wildman–Crippen LogP) is 1.81. The Balaban J connectivity index is 2.05. The summed E-state index contributed by atoms with van der Waals surface area (Å²) < 4.78 is 0. The van der Waals surface area contributed by atoms with Gasteiger partial charge in [-0.3, -0.25) is 0 Å². The molecule has 0 saturated heterocycles. The number of aliphatic hydroxyl groups excluding tert-OH is 1. The molecule has 2 saturated carbocycles. The molecule has 2 aliphatic carbocycles. The Kier molecular flexibility index (Phi) is 2.16. The molecule has 2 nitrogen and oxygen atoms in total. The fourth-order valence-electron chi connectivity index (χ4n) is 3.10. The van der Waals surface area contributed by atoms with E-state index < -0.39 is 0 Å². The van der Waals surface area contributed by atoms with Gasteiger partial charge in [0.1, 0.15) is 0 Å². The van der Waals surface area contributed by atoms with Gasteiger partial charge >= 0.3 is 0 Å². The van der Waals surface area contributed by atoms with Crippen LogP contribution in [0, 0.1) is 5.41 Å².